The number of aromatic nitrogens is 6. The van der Waals surface area contributed by atoms with Gasteiger partial charge in [-0.25, -0.2) is 64.4 Å². The van der Waals surface area contributed by atoms with Crippen molar-refractivity contribution in [2.24, 2.45) is 15.4 Å². The lowest BCUT2D eigenvalue weighted by Gasteiger charge is -2.10. The molecular weight excluding hydrogens is 1300 g/mol. The Morgan fingerprint density at radius 3 is 1.24 bits per heavy atom. The monoisotopic (exact) mass is 1350 g/mol. The Labute approximate surface area is 531 Å². The first-order chi connectivity index (χ1) is 43.9. The quantitative estimate of drug-likeness (QED) is 0.0498. The molecule has 0 spiro atoms. The number of H-pyrrole nitrogens is 3. The summed E-state index contributed by atoms with van der Waals surface area (Å²) in [5.41, 5.74) is 8.30. The highest BCUT2D eigenvalue weighted by Gasteiger charge is 2.34. The van der Waals surface area contributed by atoms with Crippen molar-refractivity contribution in [3.8, 4) is 39.1 Å². The second kappa shape index (κ2) is 27.1. The Morgan fingerprint density at radius 1 is 0.430 bits per heavy atom. The van der Waals surface area contributed by atoms with Gasteiger partial charge in [-0.2, -0.15) is 13.2 Å². The molecular formula is C65H52ClF8N9O7S3. The van der Waals surface area contributed by atoms with Crippen LogP contribution in [0.3, 0.4) is 0 Å². The van der Waals surface area contributed by atoms with Crippen molar-refractivity contribution in [3.63, 3.8) is 0 Å². The normalized spacial score (nSPS) is 12.2. The molecule has 16 nitrogen and oxygen atoms in total. The Bertz CT molecular complexity index is 5120. The molecule has 93 heavy (non-hydrogen) atoms. The molecule has 3 aromatic heterocycles. The fourth-order valence-corrected chi connectivity index (χ4v) is 12.8. The van der Waals surface area contributed by atoms with Crippen LogP contribution in [0.15, 0.2) is 203 Å². The minimum Gasteiger partial charge on any atom is -0.406 e. The number of hydrogen-bond acceptors (Lipinski definition) is 10. The molecule has 0 saturated heterocycles. The first-order valence-corrected chi connectivity index (χ1v) is 32.9. The van der Waals surface area contributed by atoms with E-state index in [-0.39, 0.29) is 25.5 Å². The molecule has 12 aromatic rings. The molecule has 0 atom stereocenters. The lowest BCUT2D eigenvalue weighted by atomic mass is 10.1. The van der Waals surface area contributed by atoms with Crippen molar-refractivity contribution < 1.29 is 65.1 Å². The highest BCUT2D eigenvalue weighted by atomic mass is 35.5. The number of benzene rings is 9. The molecule has 9 N–H and O–H groups in total. The predicted molar refractivity (Wildman–Crippen MR) is 337 cm³/mol. The molecule has 0 unspecified atom stereocenters. The number of fused-ring (bicyclic) bond motifs is 3. The lowest BCUT2D eigenvalue weighted by molar-refractivity contribution is -0.274. The number of nitrogens with zero attached hydrogens (tertiary/aromatic N) is 3. The molecule has 0 fully saturated rings. The number of hydrogen-bond donors (Lipinski definition) is 6. The van der Waals surface area contributed by atoms with Crippen molar-refractivity contribution in [3.05, 3.63) is 244 Å². The largest absolute Gasteiger partial charge is 0.573 e. The highest BCUT2D eigenvalue weighted by Crippen LogP contribution is 2.37. The summed E-state index contributed by atoms with van der Waals surface area (Å²) in [6.07, 6.45) is -6.80. The second-order valence-corrected chi connectivity index (χ2v) is 26.1. The zero-order valence-electron chi connectivity index (χ0n) is 48.2. The number of imidazole rings is 3. The molecule has 12 rings (SSSR count). The molecule has 28 heteroatoms. The van der Waals surface area contributed by atoms with Crippen LogP contribution < -0.4 is 20.2 Å². The van der Waals surface area contributed by atoms with Gasteiger partial charge in [0.1, 0.15) is 34.9 Å². The Morgan fingerprint density at radius 2 is 0.839 bits per heavy atom. The van der Waals surface area contributed by atoms with E-state index in [2.05, 4.69) is 34.6 Å². The molecule has 480 valence electrons. The van der Waals surface area contributed by atoms with Crippen molar-refractivity contribution in [2.75, 3.05) is 0 Å². The Balaban J connectivity index is 0.000000153. The van der Waals surface area contributed by atoms with Crippen LogP contribution in [0.4, 0.5) is 35.1 Å². The molecule has 3 heterocycles. The SMILES string of the molecule is NS(=O)(=O)c1ccccc1-c1ccc2nc(CCc3ccc(Cl)c(C(F)(F)F)c3)[nH]c2c1.NS(=O)(=O)c1ccccc1-c1ccc2nc(CCc3ccc(F)cc3F)[nH]c2c1.NS(=O)(=O)c1ccccc1-c1ccc2nc(CCc3cccc(OC(F)(F)F)c3)[nH]c2c1. The predicted octanol–water partition coefficient (Wildman–Crippen LogP) is 13.8. The van der Waals surface area contributed by atoms with Crippen molar-refractivity contribution in [1.29, 1.82) is 0 Å². The van der Waals surface area contributed by atoms with E-state index in [1.165, 1.54) is 54.6 Å². The summed E-state index contributed by atoms with van der Waals surface area (Å²) in [7, 11) is -11.7. The first-order valence-electron chi connectivity index (χ1n) is 27.9. The van der Waals surface area contributed by atoms with E-state index in [1.807, 2.05) is 0 Å². The third-order valence-corrected chi connectivity index (χ3v) is 17.8. The second-order valence-electron chi connectivity index (χ2n) is 21.1. The first kappa shape index (κ1) is 66.6. The van der Waals surface area contributed by atoms with E-state index in [4.69, 9.17) is 27.0 Å². The van der Waals surface area contributed by atoms with Gasteiger partial charge in [0.25, 0.3) is 0 Å². The zero-order valence-corrected chi connectivity index (χ0v) is 51.4. The number of ether oxygens (including phenoxy) is 1. The summed E-state index contributed by atoms with van der Waals surface area (Å²) in [6.45, 7) is 0. The Hall–Kier alpha value is -9.35. The van der Waals surface area contributed by atoms with E-state index in [0.717, 1.165) is 17.6 Å². The van der Waals surface area contributed by atoms with Gasteiger partial charge in [0.2, 0.25) is 30.1 Å². The molecule has 0 aliphatic heterocycles. The van der Waals surface area contributed by atoms with Crippen LogP contribution in [-0.2, 0) is 74.8 Å². The summed E-state index contributed by atoms with van der Waals surface area (Å²) in [5.74, 6) is 0.447. The third-order valence-electron chi connectivity index (χ3n) is 14.5. The minimum absolute atomic E-state index is 0.0160. The average Bonchev–Trinajstić information content (AvgIpc) is 1.82. The van der Waals surface area contributed by atoms with Gasteiger partial charge in [-0.15, -0.1) is 13.2 Å². The number of primary sulfonamides is 3. The lowest BCUT2D eigenvalue weighted by Crippen LogP contribution is -2.17. The number of rotatable bonds is 16. The van der Waals surface area contributed by atoms with Crippen LogP contribution >= 0.6 is 11.6 Å². The van der Waals surface area contributed by atoms with E-state index in [1.54, 1.807) is 121 Å². The van der Waals surface area contributed by atoms with E-state index < -0.39 is 59.8 Å². The van der Waals surface area contributed by atoms with Crippen molar-refractivity contribution in [2.45, 2.75) is 65.8 Å². The number of aryl methyl sites for hydroxylation is 6. The molecule has 0 aliphatic carbocycles. The average molecular weight is 1350 g/mol. The number of nitrogens with two attached hydrogens (primary N) is 3. The molecule has 0 bridgehead atoms. The van der Waals surface area contributed by atoms with Crippen LogP contribution in [0, 0.1) is 11.6 Å². The molecule has 0 amide bonds. The van der Waals surface area contributed by atoms with Crippen molar-refractivity contribution >= 4 is 74.8 Å². The maximum Gasteiger partial charge on any atom is 0.573 e. The maximum atomic E-state index is 13.8. The number of sulfonamides is 3. The summed E-state index contributed by atoms with van der Waals surface area (Å²) >= 11 is 5.67. The van der Waals surface area contributed by atoms with Crippen molar-refractivity contribution in [1.82, 2.24) is 29.9 Å². The number of halogens is 9. The Kier molecular flexibility index (Phi) is 19.4. The van der Waals surface area contributed by atoms with Gasteiger partial charge < -0.3 is 19.7 Å². The number of aromatic amines is 3. The van der Waals surface area contributed by atoms with Gasteiger partial charge in [0, 0.05) is 42.0 Å². The number of nitrogens with one attached hydrogen (secondary N) is 3. The van der Waals surface area contributed by atoms with Crippen LogP contribution in [0.1, 0.15) is 39.7 Å². The van der Waals surface area contributed by atoms with Crippen LogP contribution in [0.25, 0.3) is 66.5 Å². The molecule has 9 aromatic carbocycles. The fraction of sp³-hybridized carbons (Fsp3) is 0.123. The van der Waals surface area contributed by atoms with Gasteiger partial charge in [0.05, 0.1) is 58.4 Å². The number of alkyl halides is 6. The van der Waals surface area contributed by atoms with E-state index in [9.17, 15) is 60.4 Å². The van der Waals surface area contributed by atoms with Gasteiger partial charge in [-0.3, -0.25) is 0 Å². The van der Waals surface area contributed by atoms with E-state index >= 15 is 0 Å². The molecule has 0 saturated carbocycles. The van der Waals surface area contributed by atoms with Crippen LogP contribution in [-0.4, -0.2) is 61.5 Å². The van der Waals surface area contributed by atoms with Gasteiger partial charge in [-0.1, -0.05) is 109 Å². The summed E-state index contributed by atoms with van der Waals surface area (Å²) in [4.78, 5) is 23.1. The molecule has 0 aliphatic rings. The van der Waals surface area contributed by atoms with Crippen LogP contribution in [0.5, 0.6) is 5.75 Å². The summed E-state index contributed by atoms with van der Waals surface area (Å²) in [6, 6.07) is 48.5. The smallest absolute Gasteiger partial charge is 0.406 e. The molecule has 0 radical (unpaired) electrons. The fourth-order valence-electron chi connectivity index (χ4n) is 10.3. The van der Waals surface area contributed by atoms with Gasteiger partial charge in [0.15, 0.2) is 0 Å². The highest BCUT2D eigenvalue weighted by molar-refractivity contribution is 7.89. The summed E-state index contributed by atoms with van der Waals surface area (Å²) in [5, 5.41) is 15.6. The zero-order chi connectivity index (χ0) is 66.6. The topological polar surface area (TPSA) is 276 Å². The van der Waals surface area contributed by atoms with E-state index in [0.29, 0.717) is 134 Å². The third kappa shape index (κ3) is 16.8. The maximum absolute atomic E-state index is 13.8. The van der Waals surface area contributed by atoms with Gasteiger partial charge in [-0.05, 0) is 138 Å². The van der Waals surface area contributed by atoms with Gasteiger partial charge >= 0.3 is 12.5 Å². The van der Waals surface area contributed by atoms with Crippen LogP contribution in [0.2, 0.25) is 5.02 Å². The summed E-state index contributed by atoms with van der Waals surface area (Å²) < 4.78 is 179. The standard InChI is InChI=1S/C22H17ClF3N3O2S.C22H18F3N3O3S.C21H17F2N3O2S/c23-17-8-5-13(11-16(17)22(24,25)26)6-10-21-28-18-9-7-14(12-19(18)29-21)15-3-1-2-4-20(15)32(27,30)31;23-22(24,25)31-16-5-3-4-14(12-16)8-11-21-27-18-10-9-15(13-19(18)28-21)17-6-1-2-7-20(17)32(26,29)30;22-15-8-5-13(17(23)12-15)7-10-21-25-18-9-6-14(11-19(18)26-21)16-3-1-2-4-20(16)29(24,27)28/h1-5,7-9,11-12H,6,10H2,(H,28,29)(H2,27,30,31);1-7,9-10,12-13H,8,11H2,(H,27,28)(H2,26,29,30);1-6,8-9,11-12H,7,10H2,(H,25,26)(H2,24,27,28). The minimum atomic E-state index is -4.74.